The van der Waals surface area contributed by atoms with Crippen molar-refractivity contribution in [1.82, 2.24) is 20.4 Å². The van der Waals surface area contributed by atoms with Gasteiger partial charge in [0.2, 0.25) is 11.8 Å². The third-order valence-corrected chi connectivity index (χ3v) is 4.32. The van der Waals surface area contributed by atoms with Gasteiger partial charge in [0, 0.05) is 44.3 Å². The summed E-state index contributed by atoms with van der Waals surface area (Å²) in [6.45, 7) is 8.34. The second kappa shape index (κ2) is 10.1. The van der Waals surface area contributed by atoms with Crippen molar-refractivity contribution >= 4 is 11.8 Å². The summed E-state index contributed by atoms with van der Waals surface area (Å²) in [5, 5.41) is 5.85. The molecule has 0 spiro atoms. The number of carbonyl (C=O) groups is 2. The molecular weight excluding hydrogens is 332 g/mol. The molecule has 0 radical (unpaired) electrons. The summed E-state index contributed by atoms with van der Waals surface area (Å²) in [5.74, 6) is 0.839. The van der Waals surface area contributed by atoms with Crippen molar-refractivity contribution in [2.75, 3.05) is 46.4 Å². The maximum Gasteiger partial charge on any atom is 0.234 e. The van der Waals surface area contributed by atoms with E-state index in [2.05, 4.69) is 20.4 Å². The van der Waals surface area contributed by atoms with Gasteiger partial charge in [0.05, 0.1) is 20.2 Å². The molecule has 0 atom stereocenters. The molecule has 1 aromatic carbocycles. The van der Waals surface area contributed by atoms with Crippen LogP contribution < -0.4 is 15.4 Å². The summed E-state index contributed by atoms with van der Waals surface area (Å²) in [6.07, 6.45) is 0. The molecule has 1 heterocycles. The van der Waals surface area contributed by atoms with Crippen molar-refractivity contribution in [3.05, 3.63) is 29.8 Å². The van der Waals surface area contributed by atoms with E-state index in [-0.39, 0.29) is 17.9 Å². The van der Waals surface area contributed by atoms with E-state index in [0.29, 0.717) is 19.6 Å². The Morgan fingerprint density at radius 2 is 1.62 bits per heavy atom. The second-order valence-electron chi connectivity index (χ2n) is 6.86. The van der Waals surface area contributed by atoms with E-state index in [1.807, 2.05) is 38.1 Å². The molecular formula is C19H30N4O3. The highest BCUT2D eigenvalue weighted by atomic mass is 16.5. The van der Waals surface area contributed by atoms with E-state index in [1.165, 1.54) is 0 Å². The first-order valence-corrected chi connectivity index (χ1v) is 9.10. The molecule has 1 aromatic rings. The molecule has 1 aliphatic rings. The van der Waals surface area contributed by atoms with Crippen LogP contribution in [0, 0.1) is 0 Å². The van der Waals surface area contributed by atoms with Crippen molar-refractivity contribution in [3.8, 4) is 5.75 Å². The number of hydrogen-bond donors (Lipinski definition) is 2. The number of methoxy groups -OCH3 is 1. The predicted molar refractivity (Wildman–Crippen MR) is 101 cm³/mol. The van der Waals surface area contributed by atoms with Crippen LogP contribution in [0.5, 0.6) is 5.75 Å². The molecule has 2 rings (SSSR count). The van der Waals surface area contributed by atoms with Crippen molar-refractivity contribution < 1.29 is 14.3 Å². The number of carbonyl (C=O) groups excluding carboxylic acids is 2. The quantitative estimate of drug-likeness (QED) is 0.703. The molecule has 0 unspecified atom stereocenters. The Bertz CT molecular complexity index is 598. The molecule has 2 amide bonds. The zero-order valence-corrected chi connectivity index (χ0v) is 16.0. The number of benzene rings is 1. The van der Waals surface area contributed by atoms with Crippen molar-refractivity contribution in [2.45, 2.75) is 26.4 Å². The lowest BCUT2D eigenvalue weighted by molar-refractivity contribution is -0.125. The molecule has 1 saturated heterocycles. The first kappa shape index (κ1) is 20.2. The van der Waals surface area contributed by atoms with Gasteiger partial charge in [-0.25, -0.2) is 0 Å². The van der Waals surface area contributed by atoms with E-state index in [9.17, 15) is 9.59 Å². The first-order valence-electron chi connectivity index (χ1n) is 9.10. The van der Waals surface area contributed by atoms with Crippen LogP contribution in [-0.2, 0) is 16.1 Å². The number of nitrogens with zero attached hydrogens (tertiary/aromatic N) is 2. The Labute approximate surface area is 155 Å². The van der Waals surface area contributed by atoms with Crippen molar-refractivity contribution in [1.29, 1.82) is 0 Å². The van der Waals surface area contributed by atoms with Crippen LogP contribution in [0.1, 0.15) is 19.4 Å². The number of piperazine rings is 1. The molecule has 0 aromatic heterocycles. The lowest BCUT2D eigenvalue weighted by Gasteiger charge is -2.33. The lowest BCUT2D eigenvalue weighted by Crippen LogP contribution is -2.51. The average Bonchev–Trinajstić information content (AvgIpc) is 2.61. The van der Waals surface area contributed by atoms with E-state index in [1.54, 1.807) is 7.11 Å². The predicted octanol–water partition coefficient (Wildman–Crippen LogP) is 0.454. The molecule has 1 fully saturated rings. The van der Waals surface area contributed by atoms with Crippen LogP contribution in [0.4, 0.5) is 0 Å². The van der Waals surface area contributed by atoms with E-state index >= 15 is 0 Å². The summed E-state index contributed by atoms with van der Waals surface area (Å²) in [6, 6.07) is 7.83. The maximum atomic E-state index is 12.2. The average molecular weight is 362 g/mol. The smallest absolute Gasteiger partial charge is 0.234 e. The molecule has 1 aliphatic heterocycles. The van der Waals surface area contributed by atoms with Gasteiger partial charge in [-0.05, 0) is 19.9 Å². The minimum absolute atomic E-state index is 0.00177. The zero-order valence-electron chi connectivity index (χ0n) is 16.0. The Morgan fingerprint density at radius 1 is 1.04 bits per heavy atom. The fourth-order valence-corrected chi connectivity index (χ4v) is 2.98. The number of hydrogen-bond acceptors (Lipinski definition) is 5. The summed E-state index contributed by atoms with van der Waals surface area (Å²) in [7, 11) is 1.63. The summed E-state index contributed by atoms with van der Waals surface area (Å²) in [5.41, 5.74) is 0.962. The van der Waals surface area contributed by atoms with Gasteiger partial charge in [-0.3, -0.25) is 19.4 Å². The third kappa shape index (κ3) is 6.65. The molecule has 2 N–H and O–H groups in total. The van der Waals surface area contributed by atoms with Gasteiger partial charge >= 0.3 is 0 Å². The van der Waals surface area contributed by atoms with Crippen LogP contribution in [-0.4, -0.2) is 74.0 Å². The Balaban J connectivity index is 1.68. The molecule has 0 aliphatic carbocycles. The minimum atomic E-state index is 0.00177. The van der Waals surface area contributed by atoms with Gasteiger partial charge in [0.25, 0.3) is 0 Å². The molecule has 144 valence electrons. The Morgan fingerprint density at radius 3 is 2.19 bits per heavy atom. The van der Waals surface area contributed by atoms with E-state index < -0.39 is 0 Å². The van der Waals surface area contributed by atoms with Gasteiger partial charge in [0.1, 0.15) is 5.75 Å². The summed E-state index contributed by atoms with van der Waals surface area (Å²) >= 11 is 0. The second-order valence-corrected chi connectivity index (χ2v) is 6.86. The monoisotopic (exact) mass is 362 g/mol. The first-order chi connectivity index (χ1) is 12.5. The van der Waals surface area contributed by atoms with Crippen LogP contribution >= 0.6 is 0 Å². The summed E-state index contributed by atoms with van der Waals surface area (Å²) < 4.78 is 5.30. The number of ether oxygens (including phenoxy) is 1. The van der Waals surface area contributed by atoms with Gasteiger partial charge in [0.15, 0.2) is 0 Å². The number of rotatable bonds is 8. The van der Waals surface area contributed by atoms with Crippen LogP contribution in [0.25, 0.3) is 0 Å². The fourth-order valence-electron chi connectivity index (χ4n) is 2.98. The normalized spacial score (nSPS) is 15.7. The lowest BCUT2D eigenvalue weighted by atomic mass is 10.2. The van der Waals surface area contributed by atoms with Gasteiger partial charge in [-0.15, -0.1) is 0 Å². The van der Waals surface area contributed by atoms with E-state index in [4.69, 9.17) is 4.74 Å². The van der Waals surface area contributed by atoms with Crippen molar-refractivity contribution in [2.24, 2.45) is 0 Å². The highest BCUT2D eigenvalue weighted by Crippen LogP contribution is 2.16. The van der Waals surface area contributed by atoms with E-state index in [0.717, 1.165) is 37.5 Å². The largest absolute Gasteiger partial charge is 0.496 e. The van der Waals surface area contributed by atoms with Crippen molar-refractivity contribution in [3.63, 3.8) is 0 Å². The molecule has 0 saturated carbocycles. The number of para-hydroxylation sites is 1. The maximum absolute atomic E-state index is 12.2. The number of amides is 2. The van der Waals surface area contributed by atoms with Gasteiger partial charge in [-0.1, -0.05) is 18.2 Å². The fraction of sp³-hybridized carbons (Fsp3) is 0.579. The van der Waals surface area contributed by atoms with Gasteiger partial charge < -0.3 is 15.4 Å². The Kier molecular flexibility index (Phi) is 7.87. The molecule has 7 nitrogen and oxygen atoms in total. The molecule has 0 bridgehead atoms. The SMILES string of the molecule is COc1ccccc1CNC(=O)CN1CCN(CC(=O)NC(C)C)CC1. The topological polar surface area (TPSA) is 73.9 Å². The minimum Gasteiger partial charge on any atom is -0.496 e. The standard InChI is InChI=1S/C19H30N4O3/c1-15(2)21-19(25)14-23-10-8-22(9-11-23)13-18(24)20-12-16-6-4-5-7-17(16)26-3/h4-7,15H,8-14H2,1-3H3,(H,20,24)(H,21,25). The third-order valence-electron chi connectivity index (χ3n) is 4.32. The van der Waals surface area contributed by atoms with Crippen LogP contribution in [0.3, 0.4) is 0 Å². The molecule has 26 heavy (non-hydrogen) atoms. The molecule has 7 heteroatoms. The van der Waals surface area contributed by atoms with Crippen LogP contribution in [0.2, 0.25) is 0 Å². The number of nitrogens with one attached hydrogen (secondary N) is 2. The highest BCUT2D eigenvalue weighted by Gasteiger charge is 2.20. The highest BCUT2D eigenvalue weighted by molar-refractivity contribution is 5.78. The summed E-state index contributed by atoms with van der Waals surface area (Å²) in [4.78, 5) is 28.3. The van der Waals surface area contributed by atoms with Crippen LogP contribution in [0.15, 0.2) is 24.3 Å². The Hall–Kier alpha value is -2.12. The zero-order chi connectivity index (χ0) is 18.9. The van der Waals surface area contributed by atoms with Gasteiger partial charge in [-0.2, -0.15) is 0 Å².